The fourth-order valence-corrected chi connectivity index (χ4v) is 4.05. The molecule has 0 amide bonds. The number of hydrogen-bond acceptors (Lipinski definition) is 0. The largest absolute Gasteiger partial charge is 0.0660 e. The van der Waals surface area contributed by atoms with Gasteiger partial charge in [-0.3, -0.25) is 0 Å². The number of hydrogen-bond donors (Lipinski definition) is 0. The minimum Gasteiger partial charge on any atom is -0.0660 e. The van der Waals surface area contributed by atoms with Crippen LogP contribution in [0.25, 0.3) is 5.57 Å². The van der Waals surface area contributed by atoms with Gasteiger partial charge < -0.3 is 0 Å². The number of benzene rings is 1. The summed E-state index contributed by atoms with van der Waals surface area (Å²) in [4.78, 5) is 0. The van der Waals surface area contributed by atoms with E-state index in [9.17, 15) is 0 Å². The molecule has 1 aliphatic carbocycles. The van der Waals surface area contributed by atoms with E-state index in [1.165, 1.54) is 32.5 Å². The van der Waals surface area contributed by atoms with E-state index in [-0.39, 0.29) is 0 Å². The van der Waals surface area contributed by atoms with Crippen molar-refractivity contribution in [1.82, 2.24) is 0 Å². The summed E-state index contributed by atoms with van der Waals surface area (Å²) in [7, 11) is 1.24. The molecule has 0 saturated heterocycles. The predicted octanol–water partition coefficient (Wildman–Crippen LogP) is 2.83. The van der Waals surface area contributed by atoms with Crippen molar-refractivity contribution in [3.8, 4) is 0 Å². The molecule has 0 N–H and O–H groups in total. The van der Waals surface area contributed by atoms with Crippen molar-refractivity contribution in [2.24, 2.45) is 0 Å². The number of aryl methyl sites for hydroxylation is 2. The number of fused-ring (bicyclic) bond motifs is 1. The third kappa shape index (κ3) is 1.33. The average Bonchev–Trinajstić information content (AvgIpc) is 2.40. The van der Waals surface area contributed by atoms with Crippen LogP contribution >= 0.6 is 0 Å². The highest BCUT2D eigenvalue weighted by atomic mass is 28.1. The SMILES string of the molecule is CC1=C(C)C([SiH3])c2c(C)c(C)cc(C)c21. The van der Waals surface area contributed by atoms with Gasteiger partial charge in [-0.1, -0.05) is 11.6 Å². The van der Waals surface area contributed by atoms with E-state index >= 15 is 0 Å². The Morgan fingerprint density at radius 2 is 1.60 bits per heavy atom. The fraction of sp³-hybridized carbons (Fsp3) is 0.429. The monoisotopic (exact) mass is 216 g/mol. The molecule has 1 aromatic carbocycles. The second-order valence-electron chi connectivity index (χ2n) is 4.95. The molecule has 1 aromatic rings. The van der Waals surface area contributed by atoms with E-state index < -0.39 is 0 Å². The molecule has 80 valence electrons. The molecule has 0 radical (unpaired) electrons. The van der Waals surface area contributed by atoms with Crippen molar-refractivity contribution in [3.05, 3.63) is 39.5 Å². The number of allylic oxidation sites excluding steroid dienone is 2. The summed E-state index contributed by atoms with van der Waals surface area (Å²) < 4.78 is 0. The zero-order valence-corrected chi connectivity index (χ0v) is 12.7. The van der Waals surface area contributed by atoms with Crippen molar-refractivity contribution in [2.45, 2.75) is 40.2 Å². The molecule has 1 atom stereocenters. The van der Waals surface area contributed by atoms with Gasteiger partial charge in [-0.25, -0.2) is 0 Å². The maximum absolute atomic E-state index is 2.34. The molecule has 1 aliphatic rings. The highest BCUT2D eigenvalue weighted by Gasteiger charge is 2.26. The Kier molecular flexibility index (Phi) is 2.38. The quantitative estimate of drug-likeness (QED) is 0.585. The van der Waals surface area contributed by atoms with Crippen LogP contribution in [0.4, 0.5) is 0 Å². The fourth-order valence-electron chi connectivity index (χ4n) is 2.89. The Morgan fingerprint density at radius 3 is 2.20 bits per heavy atom. The molecule has 1 unspecified atom stereocenters. The highest BCUT2D eigenvalue weighted by Crippen LogP contribution is 2.43. The van der Waals surface area contributed by atoms with Gasteiger partial charge in [0.1, 0.15) is 0 Å². The normalized spacial score (nSPS) is 19.9. The van der Waals surface area contributed by atoms with Crippen molar-refractivity contribution < 1.29 is 0 Å². The van der Waals surface area contributed by atoms with E-state index in [0.29, 0.717) is 0 Å². The van der Waals surface area contributed by atoms with Gasteiger partial charge in [0.15, 0.2) is 0 Å². The summed E-state index contributed by atoms with van der Waals surface area (Å²) in [5.41, 5.74) is 11.5. The lowest BCUT2D eigenvalue weighted by atomic mass is 9.93. The summed E-state index contributed by atoms with van der Waals surface area (Å²) in [6, 6.07) is 2.34. The van der Waals surface area contributed by atoms with Crippen molar-refractivity contribution in [3.63, 3.8) is 0 Å². The van der Waals surface area contributed by atoms with E-state index in [2.05, 4.69) is 40.7 Å². The predicted molar refractivity (Wildman–Crippen MR) is 71.6 cm³/mol. The Morgan fingerprint density at radius 1 is 1.00 bits per heavy atom. The van der Waals surface area contributed by atoms with Crippen LogP contribution < -0.4 is 0 Å². The molecule has 0 bridgehead atoms. The lowest BCUT2D eigenvalue weighted by Gasteiger charge is -2.15. The molecule has 0 heterocycles. The zero-order chi connectivity index (χ0) is 11.3. The molecule has 2 rings (SSSR count). The van der Waals surface area contributed by atoms with E-state index in [4.69, 9.17) is 0 Å². The smallest absolute Gasteiger partial charge is 0.0175 e. The van der Waals surface area contributed by atoms with E-state index in [0.717, 1.165) is 5.54 Å². The van der Waals surface area contributed by atoms with Gasteiger partial charge in [-0.05, 0) is 73.6 Å². The Labute approximate surface area is 95.8 Å². The molecular formula is C14H20Si. The van der Waals surface area contributed by atoms with Gasteiger partial charge in [0, 0.05) is 10.2 Å². The average molecular weight is 216 g/mol. The third-order valence-electron chi connectivity index (χ3n) is 4.14. The standard InChI is InChI=1S/C14H20Si/c1-7-6-8(2)12-10(4)11(5)14(15)13(12)9(7)3/h6,14H,1-5,15H3. The molecule has 0 aromatic heterocycles. The van der Waals surface area contributed by atoms with Gasteiger partial charge in [-0.2, -0.15) is 0 Å². The third-order valence-corrected chi connectivity index (χ3v) is 5.58. The first-order chi connectivity index (χ1) is 6.95. The molecule has 0 fully saturated rings. The summed E-state index contributed by atoms with van der Waals surface area (Å²) >= 11 is 0. The molecule has 1 heteroatoms. The summed E-state index contributed by atoms with van der Waals surface area (Å²) in [5, 5.41) is 0. The van der Waals surface area contributed by atoms with Crippen LogP contribution in [0.1, 0.15) is 47.2 Å². The first-order valence-electron chi connectivity index (χ1n) is 5.73. The van der Waals surface area contributed by atoms with Gasteiger partial charge in [-0.15, -0.1) is 0 Å². The van der Waals surface area contributed by atoms with E-state index in [1.807, 2.05) is 0 Å². The molecule has 0 aliphatic heterocycles. The van der Waals surface area contributed by atoms with Crippen molar-refractivity contribution in [1.29, 1.82) is 0 Å². The lowest BCUT2D eigenvalue weighted by Crippen LogP contribution is -2.01. The second-order valence-corrected chi connectivity index (χ2v) is 6.11. The Bertz CT molecular complexity index is 467. The Hall–Kier alpha value is -0.823. The minimum atomic E-state index is 0.749. The maximum Gasteiger partial charge on any atom is 0.0175 e. The zero-order valence-electron chi connectivity index (χ0n) is 10.7. The van der Waals surface area contributed by atoms with E-state index in [1.54, 1.807) is 16.7 Å². The number of rotatable bonds is 0. The molecular weight excluding hydrogens is 196 g/mol. The van der Waals surface area contributed by atoms with Crippen LogP contribution in [-0.2, 0) is 0 Å². The molecule has 0 nitrogen and oxygen atoms in total. The molecule has 15 heavy (non-hydrogen) atoms. The van der Waals surface area contributed by atoms with Gasteiger partial charge >= 0.3 is 0 Å². The molecule has 0 spiro atoms. The van der Waals surface area contributed by atoms with Crippen molar-refractivity contribution >= 4 is 15.8 Å². The van der Waals surface area contributed by atoms with Gasteiger partial charge in [0.05, 0.1) is 0 Å². The first kappa shape index (κ1) is 10.7. The van der Waals surface area contributed by atoms with Gasteiger partial charge in [0.2, 0.25) is 0 Å². The van der Waals surface area contributed by atoms with Crippen LogP contribution in [0.2, 0.25) is 0 Å². The van der Waals surface area contributed by atoms with Crippen LogP contribution in [0.3, 0.4) is 0 Å². The minimum absolute atomic E-state index is 0.749. The highest BCUT2D eigenvalue weighted by molar-refractivity contribution is 6.17. The lowest BCUT2D eigenvalue weighted by molar-refractivity contribution is 1.09. The van der Waals surface area contributed by atoms with Crippen LogP contribution in [0.15, 0.2) is 11.6 Å². The summed E-state index contributed by atoms with van der Waals surface area (Å²) in [5.74, 6) is 0. The summed E-state index contributed by atoms with van der Waals surface area (Å²) in [6.07, 6.45) is 0. The van der Waals surface area contributed by atoms with Crippen LogP contribution in [0.5, 0.6) is 0 Å². The van der Waals surface area contributed by atoms with Crippen LogP contribution in [-0.4, -0.2) is 10.2 Å². The Balaban J connectivity index is 2.81. The van der Waals surface area contributed by atoms with Crippen LogP contribution in [0, 0.1) is 20.8 Å². The maximum atomic E-state index is 2.34. The molecule has 0 saturated carbocycles. The first-order valence-corrected chi connectivity index (χ1v) is 6.89. The summed E-state index contributed by atoms with van der Waals surface area (Å²) in [6.45, 7) is 11.4. The topological polar surface area (TPSA) is 0 Å². The van der Waals surface area contributed by atoms with Gasteiger partial charge in [0.25, 0.3) is 0 Å². The van der Waals surface area contributed by atoms with Crippen molar-refractivity contribution in [2.75, 3.05) is 0 Å². The second kappa shape index (κ2) is 3.34.